The molecule has 0 aliphatic rings. The van der Waals surface area contributed by atoms with Crippen molar-refractivity contribution in [3.05, 3.63) is 47.2 Å². The van der Waals surface area contributed by atoms with Crippen LogP contribution in [0.25, 0.3) is 4.96 Å². The van der Waals surface area contributed by atoms with Crippen LogP contribution < -0.4 is 10.1 Å². The third kappa shape index (κ3) is 2.14. The minimum atomic E-state index is -0.168. The fourth-order valence-corrected chi connectivity index (χ4v) is 2.79. The summed E-state index contributed by atoms with van der Waals surface area (Å²) in [4.78, 5) is 17.5. The van der Waals surface area contributed by atoms with E-state index >= 15 is 0 Å². The first-order chi connectivity index (χ1) is 9.69. The second-order valence-electron chi connectivity index (χ2n) is 4.28. The second-order valence-corrected chi connectivity index (χ2v) is 5.16. The highest BCUT2D eigenvalue weighted by Gasteiger charge is 2.17. The van der Waals surface area contributed by atoms with E-state index in [4.69, 9.17) is 4.74 Å². The van der Waals surface area contributed by atoms with Crippen molar-refractivity contribution in [2.75, 3.05) is 12.4 Å². The Morgan fingerprint density at radius 3 is 2.80 bits per heavy atom. The molecule has 0 fully saturated rings. The van der Waals surface area contributed by atoms with Gasteiger partial charge in [0.05, 0.1) is 12.8 Å². The van der Waals surface area contributed by atoms with Gasteiger partial charge in [0, 0.05) is 17.3 Å². The predicted molar refractivity (Wildman–Crippen MR) is 78.8 cm³/mol. The molecule has 3 aromatic rings. The molecule has 1 aromatic carbocycles. The molecule has 0 unspecified atom stereocenters. The van der Waals surface area contributed by atoms with Gasteiger partial charge in [0.2, 0.25) is 0 Å². The van der Waals surface area contributed by atoms with E-state index in [0.29, 0.717) is 5.69 Å². The van der Waals surface area contributed by atoms with Gasteiger partial charge in [0.25, 0.3) is 5.91 Å². The number of carbonyl (C=O) groups is 1. The minimum absolute atomic E-state index is 0.168. The van der Waals surface area contributed by atoms with E-state index in [-0.39, 0.29) is 5.91 Å². The van der Waals surface area contributed by atoms with E-state index in [1.165, 1.54) is 11.3 Å². The van der Waals surface area contributed by atoms with E-state index in [1.54, 1.807) is 35.8 Å². The number of methoxy groups -OCH3 is 1. The fraction of sp³-hybridized carbons (Fsp3) is 0.143. The van der Waals surface area contributed by atoms with Crippen molar-refractivity contribution in [1.29, 1.82) is 0 Å². The highest BCUT2D eigenvalue weighted by molar-refractivity contribution is 7.15. The summed E-state index contributed by atoms with van der Waals surface area (Å²) in [5, 5.41) is 4.78. The molecular weight excluding hydrogens is 274 g/mol. The first-order valence-electron chi connectivity index (χ1n) is 6.06. The van der Waals surface area contributed by atoms with Crippen LogP contribution >= 0.6 is 11.3 Å². The zero-order chi connectivity index (χ0) is 14.1. The smallest absolute Gasteiger partial charge is 0.274 e. The Morgan fingerprint density at radius 1 is 1.35 bits per heavy atom. The summed E-state index contributed by atoms with van der Waals surface area (Å²) in [5.74, 6) is 0.585. The number of hydrogen-bond acceptors (Lipinski definition) is 4. The van der Waals surface area contributed by atoms with Crippen LogP contribution in [0.2, 0.25) is 0 Å². The summed E-state index contributed by atoms with van der Waals surface area (Å²) in [6.45, 7) is 1.84. The lowest BCUT2D eigenvalue weighted by atomic mass is 10.2. The maximum Gasteiger partial charge on any atom is 0.274 e. The van der Waals surface area contributed by atoms with Gasteiger partial charge in [-0.25, -0.2) is 4.98 Å². The number of rotatable bonds is 3. The number of anilines is 1. The van der Waals surface area contributed by atoms with Gasteiger partial charge in [-0.1, -0.05) is 0 Å². The molecule has 0 spiro atoms. The average Bonchev–Trinajstić information content (AvgIpc) is 2.99. The van der Waals surface area contributed by atoms with E-state index in [9.17, 15) is 4.79 Å². The molecule has 6 heteroatoms. The SMILES string of the molecule is COc1ccc(NC(=O)c2c(C)nc3sccn23)cc1. The Kier molecular flexibility index (Phi) is 3.15. The lowest BCUT2D eigenvalue weighted by Gasteiger charge is -2.06. The van der Waals surface area contributed by atoms with Crippen molar-refractivity contribution in [3.63, 3.8) is 0 Å². The number of nitrogens with one attached hydrogen (secondary N) is 1. The van der Waals surface area contributed by atoms with Gasteiger partial charge < -0.3 is 10.1 Å². The highest BCUT2D eigenvalue weighted by atomic mass is 32.1. The zero-order valence-corrected chi connectivity index (χ0v) is 11.9. The lowest BCUT2D eigenvalue weighted by molar-refractivity contribution is 0.102. The molecule has 0 saturated carbocycles. The van der Waals surface area contributed by atoms with Gasteiger partial charge >= 0.3 is 0 Å². The number of thiazole rings is 1. The Hall–Kier alpha value is -2.34. The van der Waals surface area contributed by atoms with Crippen LogP contribution in [0, 0.1) is 6.92 Å². The van der Waals surface area contributed by atoms with Crippen LogP contribution in [0.15, 0.2) is 35.8 Å². The minimum Gasteiger partial charge on any atom is -0.497 e. The number of carbonyl (C=O) groups excluding carboxylic acids is 1. The summed E-state index contributed by atoms with van der Waals surface area (Å²) >= 11 is 1.51. The van der Waals surface area contributed by atoms with Crippen LogP contribution in [-0.4, -0.2) is 22.4 Å². The molecule has 0 saturated heterocycles. The van der Waals surface area contributed by atoms with Gasteiger partial charge in [0.15, 0.2) is 4.96 Å². The van der Waals surface area contributed by atoms with Gasteiger partial charge in [-0.05, 0) is 31.2 Å². The molecule has 0 radical (unpaired) electrons. The summed E-state index contributed by atoms with van der Waals surface area (Å²) in [5.41, 5.74) is 2.01. The first-order valence-corrected chi connectivity index (χ1v) is 6.94. The summed E-state index contributed by atoms with van der Waals surface area (Å²) in [7, 11) is 1.61. The molecule has 0 bridgehead atoms. The van der Waals surface area contributed by atoms with E-state index in [0.717, 1.165) is 22.1 Å². The van der Waals surface area contributed by atoms with Crippen molar-refractivity contribution in [2.45, 2.75) is 6.92 Å². The molecule has 0 aliphatic heterocycles. The topological polar surface area (TPSA) is 55.6 Å². The number of imidazole rings is 1. The van der Waals surface area contributed by atoms with Crippen LogP contribution in [0.4, 0.5) is 5.69 Å². The Labute approximate surface area is 119 Å². The summed E-state index contributed by atoms with van der Waals surface area (Å²) in [6.07, 6.45) is 1.85. The van der Waals surface area contributed by atoms with Gasteiger partial charge in [-0.15, -0.1) is 11.3 Å². The van der Waals surface area contributed by atoms with Crippen LogP contribution in [-0.2, 0) is 0 Å². The molecule has 0 aliphatic carbocycles. The highest BCUT2D eigenvalue weighted by Crippen LogP contribution is 2.19. The molecule has 0 atom stereocenters. The van der Waals surface area contributed by atoms with Crippen LogP contribution in [0.5, 0.6) is 5.75 Å². The van der Waals surface area contributed by atoms with Crippen molar-refractivity contribution in [1.82, 2.24) is 9.38 Å². The zero-order valence-electron chi connectivity index (χ0n) is 11.1. The number of aryl methyl sites for hydroxylation is 1. The van der Waals surface area contributed by atoms with Crippen molar-refractivity contribution < 1.29 is 9.53 Å². The van der Waals surface area contributed by atoms with Crippen molar-refractivity contribution in [2.24, 2.45) is 0 Å². The molecule has 5 nitrogen and oxygen atoms in total. The second kappa shape index (κ2) is 4.97. The molecule has 1 amide bonds. The van der Waals surface area contributed by atoms with E-state index in [1.807, 2.05) is 18.5 Å². The molecule has 102 valence electrons. The monoisotopic (exact) mass is 287 g/mol. The largest absolute Gasteiger partial charge is 0.497 e. The van der Waals surface area contributed by atoms with Gasteiger partial charge in [-0.2, -0.15) is 0 Å². The van der Waals surface area contributed by atoms with Gasteiger partial charge in [-0.3, -0.25) is 9.20 Å². The molecule has 2 aromatic heterocycles. The normalized spacial score (nSPS) is 10.7. The van der Waals surface area contributed by atoms with Crippen molar-refractivity contribution in [3.8, 4) is 5.75 Å². The maximum absolute atomic E-state index is 12.4. The Bertz CT molecular complexity index is 758. The third-order valence-corrected chi connectivity index (χ3v) is 3.76. The third-order valence-electron chi connectivity index (χ3n) is 3.00. The average molecular weight is 287 g/mol. The molecule has 2 heterocycles. The van der Waals surface area contributed by atoms with Crippen molar-refractivity contribution >= 4 is 27.9 Å². The number of nitrogens with zero attached hydrogens (tertiary/aromatic N) is 2. The summed E-state index contributed by atoms with van der Waals surface area (Å²) in [6, 6.07) is 7.22. The fourth-order valence-electron chi connectivity index (χ4n) is 2.03. The number of hydrogen-bond donors (Lipinski definition) is 1. The number of benzene rings is 1. The molecule has 20 heavy (non-hydrogen) atoms. The van der Waals surface area contributed by atoms with E-state index < -0.39 is 0 Å². The number of amides is 1. The maximum atomic E-state index is 12.4. The van der Waals surface area contributed by atoms with Gasteiger partial charge in [0.1, 0.15) is 11.4 Å². The number of fused-ring (bicyclic) bond motifs is 1. The van der Waals surface area contributed by atoms with Crippen LogP contribution in [0.1, 0.15) is 16.2 Å². The Balaban J connectivity index is 1.88. The molecule has 3 rings (SSSR count). The first kappa shape index (κ1) is 12.7. The molecule has 1 N–H and O–H groups in total. The molecular formula is C14H13N3O2S. The van der Waals surface area contributed by atoms with Crippen LogP contribution in [0.3, 0.4) is 0 Å². The Morgan fingerprint density at radius 2 is 2.10 bits per heavy atom. The van der Waals surface area contributed by atoms with E-state index in [2.05, 4.69) is 10.3 Å². The number of ether oxygens (including phenoxy) is 1. The lowest BCUT2D eigenvalue weighted by Crippen LogP contribution is -2.15. The standard InChI is InChI=1S/C14H13N3O2S/c1-9-12(17-7-8-20-14(17)15-9)13(18)16-10-3-5-11(19-2)6-4-10/h3-8H,1-2H3,(H,16,18). The predicted octanol–water partition coefficient (Wildman–Crippen LogP) is 2.97. The summed E-state index contributed by atoms with van der Waals surface area (Å²) < 4.78 is 6.89. The number of aromatic nitrogens is 2. The quantitative estimate of drug-likeness (QED) is 0.805.